The maximum atomic E-state index is 12.2. The van der Waals surface area contributed by atoms with Gasteiger partial charge in [-0.2, -0.15) is 13.2 Å². The number of halogens is 3. The number of hydrogen-bond acceptors (Lipinski definition) is 2. The third-order valence-corrected chi connectivity index (χ3v) is 3.30. The van der Waals surface area contributed by atoms with E-state index >= 15 is 0 Å². The fourth-order valence-corrected chi connectivity index (χ4v) is 2.43. The standard InChI is InChI=1S/C9H13F3N2O/c10-9(11,12)7(15)14-4-2-8(6-14)1-3-13-5-8/h13H,1-6H2. The molecule has 2 aliphatic heterocycles. The molecule has 2 saturated heterocycles. The van der Waals surface area contributed by atoms with Gasteiger partial charge in [0.15, 0.2) is 0 Å². The average Bonchev–Trinajstić information content (AvgIpc) is 2.75. The van der Waals surface area contributed by atoms with Gasteiger partial charge in [0, 0.05) is 25.0 Å². The Labute approximate surface area is 85.6 Å². The number of rotatable bonds is 0. The maximum absolute atomic E-state index is 12.2. The van der Waals surface area contributed by atoms with Crippen molar-refractivity contribution in [3.63, 3.8) is 0 Å². The zero-order valence-corrected chi connectivity index (χ0v) is 8.23. The molecule has 2 rings (SSSR count). The molecule has 15 heavy (non-hydrogen) atoms. The summed E-state index contributed by atoms with van der Waals surface area (Å²) in [4.78, 5) is 11.9. The second-order valence-electron chi connectivity index (χ2n) is 4.40. The zero-order valence-electron chi connectivity index (χ0n) is 8.23. The number of likely N-dealkylation sites (tertiary alicyclic amines) is 1. The highest BCUT2D eigenvalue weighted by Gasteiger charge is 2.49. The minimum atomic E-state index is -4.72. The molecule has 1 spiro atoms. The first-order chi connectivity index (χ1) is 6.93. The molecule has 0 saturated carbocycles. The highest BCUT2D eigenvalue weighted by Crippen LogP contribution is 2.37. The second-order valence-corrected chi connectivity index (χ2v) is 4.40. The van der Waals surface area contributed by atoms with E-state index in [2.05, 4.69) is 5.32 Å². The van der Waals surface area contributed by atoms with Crippen LogP contribution in [-0.2, 0) is 4.79 Å². The van der Waals surface area contributed by atoms with Gasteiger partial charge in [-0.15, -0.1) is 0 Å². The molecule has 0 aromatic heterocycles. The Morgan fingerprint density at radius 2 is 2.07 bits per heavy atom. The molecule has 2 heterocycles. The Morgan fingerprint density at radius 3 is 2.60 bits per heavy atom. The molecule has 0 bridgehead atoms. The van der Waals surface area contributed by atoms with E-state index in [1.54, 1.807) is 0 Å². The quantitative estimate of drug-likeness (QED) is 0.656. The molecule has 0 radical (unpaired) electrons. The summed E-state index contributed by atoms with van der Waals surface area (Å²) in [5, 5.41) is 3.13. The second kappa shape index (κ2) is 3.37. The lowest BCUT2D eigenvalue weighted by Gasteiger charge is -2.23. The van der Waals surface area contributed by atoms with Crippen molar-refractivity contribution in [3.8, 4) is 0 Å². The minimum absolute atomic E-state index is 0.0963. The molecular weight excluding hydrogens is 209 g/mol. The molecule has 0 aliphatic carbocycles. The number of amides is 1. The zero-order chi connectivity index (χ0) is 11.1. The van der Waals surface area contributed by atoms with Crippen LogP contribution in [0, 0.1) is 5.41 Å². The van der Waals surface area contributed by atoms with E-state index in [1.165, 1.54) is 0 Å². The molecule has 0 aromatic rings. The van der Waals surface area contributed by atoms with E-state index in [9.17, 15) is 18.0 Å². The van der Waals surface area contributed by atoms with Crippen molar-refractivity contribution in [1.29, 1.82) is 0 Å². The molecule has 2 aliphatic rings. The Morgan fingerprint density at radius 1 is 1.33 bits per heavy atom. The first-order valence-corrected chi connectivity index (χ1v) is 5.00. The van der Waals surface area contributed by atoms with Crippen LogP contribution in [-0.4, -0.2) is 43.2 Å². The van der Waals surface area contributed by atoms with Gasteiger partial charge in [-0.25, -0.2) is 0 Å². The molecular formula is C9H13F3N2O. The molecule has 1 atom stereocenters. The van der Waals surface area contributed by atoms with Crippen LogP contribution in [0.3, 0.4) is 0 Å². The smallest absolute Gasteiger partial charge is 0.334 e. The topological polar surface area (TPSA) is 32.3 Å². The summed E-state index contributed by atoms with van der Waals surface area (Å²) in [6.45, 7) is 2.06. The largest absolute Gasteiger partial charge is 0.471 e. The summed E-state index contributed by atoms with van der Waals surface area (Å²) in [6.07, 6.45) is -3.17. The normalized spacial score (nSPS) is 31.5. The first-order valence-electron chi connectivity index (χ1n) is 5.00. The summed E-state index contributed by atoms with van der Waals surface area (Å²) in [6, 6.07) is 0. The van der Waals surface area contributed by atoms with Crippen LogP contribution in [0.1, 0.15) is 12.8 Å². The monoisotopic (exact) mass is 222 g/mol. The molecule has 1 N–H and O–H groups in total. The minimum Gasteiger partial charge on any atom is -0.334 e. The summed E-state index contributed by atoms with van der Waals surface area (Å²) in [5.41, 5.74) is -0.0963. The van der Waals surface area contributed by atoms with Gasteiger partial charge >= 0.3 is 12.1 Å². The molecule has 86 valence electrons. The number of hydrogen-bond donors (Lipinski definition) is 1. The number of carbonyl (C=O) groups is 1. The van der Waals surface area contributed by atoms with Crippen LogP contribution in [0.25, 0.3) is 0 Å². The van der Waals surface area contributed by atoms with Gasteiger partial charge in [0.2, 0.25) is 0 Å². The summed E-state index contributed by atoms with van der Waals surface area (Å²) >= 11 is 0. The van der Waals surface area contributed by atoms with Crippen LogP contribution in [0.4, 0.5) is 13.2 Å². The number of nitrogens with zero attached hydrogens (tertiary/aromatic N) is 1. The lowest BCUT2D eigenvalue weighted by molar-refractivity contribution is -0.184. The SMILES string of the molecule is O=C(N1CCC2(CCNC2)C1)C(F)(F)F. The summed E-state index contributed by atoms with van der Waals surface area (Å²) in [7, 11) is 0. The van der Waals surface area contributed by atoms with Crippen molar-refractivity contribution >= 4 is 5.91 Å². The van der Waals surface area contributed by atoms with Gasteiger partial charge in [-0.05, 0) is 19.4 Å². The fourth-order valence-electron chi connectivity index (χ4n) is 2.43. The Hall–Kier alpha value is -0.780. The van der Waals surface area contributed by atoms with Crippen molar-refractivity contribution in [1.82, 2.24) is 10.2 Å². The number of alkyl halides is 3. The van der Waals surface area contributed by atoms with Gasteiger partial charge < -0.3 is 10.2 Å². The van der Waals surface area contributed by atoms with E-state index in [0.717, 1.165) is 24.4 Å². The van der Waals surface area contributed by atoms with Crippen LogP contribution in [0.5, 0.6) is 0 Å². The van der Waals surface area contributed by atoms with E-state index in [-0.39, 0.29) is 18.5 Å². The van der Waals surface area contributed by atoms with Crippen molar-refractivity contribution < 1.29 is 18.0 Å². The summed E-state index contributed by atoms with van der Waals surface area (Å²) < 4.78 is 36.5. The van der Waals surface area contributed by atoms with Gasteiger partial charge in [-0.1, -0.05) is 0 Å². The number of nitrogens with one attached hydrogen (secondary N) is 1. The van der Waals surface area contributed by atoms with Crippen LogP contribution in [0.2, 0.25) is 0 Å². The molecule has 0 aromatic carbocycles. The molecule has 6 heteroatoms. The lowest BCUT2D eigenvalue weighted by atomic mass is 9.87. The maximum Gasteiger partial charge on any atom is 0.471 e. The Balaban J connectivity index is 2.01. The van der Waals surface area contributed by atoms with Gasteiger partial charge in [0.1, 0.15) is 0 Å². The highest BCUT2D eigenvalue weighted by atomic mass is 19.4. The van der Waals surface area contributed by atoms with Gasteiger partial charge in [0.25, 0.3) is 0 Å². The molecule has 1 amide bonds. The van der Waals surface area contributed by atoms with Crippen molar-refractivity contribution in [2.24, 2.45) is 5.41 Å². The first kappa shape index (κ1) is 10.7. The van der Waals surface area contributed by atoms with Crippen LogP contribution in [0.15, 0.2) is 0 Å². The fraction of sp³-hybridized carbons (Fsp3) is 0.889. The third kappa shape index (κ3) is 1.95. The Bertz CT molecular complexity index is 271. The van der Waals surface area contributed by atoms with E-state index < -0.39 is 12.1 Å². The molecule has 3 nitrogen and oxygen atoms in total. The highest BCUT2D eigenvalue weighted by molar-refractivity contribution is 5.82. The van der Waals surface area contributed by atoms with Gasteiger partial charge in [0.05, 0.1) is 0 Å². The Kier molecular flexibility index (Phi) is 2.41. The third-order valence-electron chi connectivity index (χ3n) is 3.30. The summed E-state index contributed by atoms with van der Waals surface area (Å²) in [5.74, 6) is -1.69. The van der Waals surface area contributed by atoms with Crippen molar-refractivity contribution in [3.05, 3.63) is 0 Å². The van der Waals surface area contributed by atoms with E-state index in [1.807, 2.05) is 0 Å². The van der Waals surface area contributed by atoms with E-state index in [4.69, 9.17) is 0 Å². The molecule has 2 fully saturated rings. The van der Waals surface area contributed by atoms with Crippen LogP contribution < -0.4 is 5.32 Å². The van der Waals surface area contributed by atoms with Crippen molar-refractivity contribution in [2.45, 2.75) is 19.0 Å². The average molecular weight is 222 g/mol. The van der Waals surface area contributed by atoms with Crippen LogP contribution >= 0.6 is 0 Å². The lowest BCUT2D eigenvalue weighted by Crippen LogP contribution is -2.41. The van der Waals surface area contributed by atoms with Gasteiger partial charge in [-0.3, -0.25) is 4.79 Å². The number of carbonyl (C=O) groups excluding carboxylic acids is 1. The van der Waals surface area contributed by atoms with E-state index in [0.29, 0.717) is 6.42 Å². The van der Waals surface area contributed by atoms with Crippen molar-refractivity contribution in [2.75, 3.05) is 26.2 Å². The predicted molar refractivity (Wildman–Crippen MR) is 47.2 cm³/mol. The predicted octanol–water partition coefficient (Wildman–Crippen LogP) is 0.761. The molecule has 1 unspecified atom stereocenters.